The monoisotopic (exact) mass is 518 g/mol. The molecule has 0 saturated heterocycles. The smallest absolute Gasteiger partial charge is 0.416 e. The van der Waals surface area contributed by atoms with Gasteiger partial charge >= 0.3 is 6.18 Å². The van der Waals surface area contributed by atoms with E-state index in [2.05, 4.69) is 4.98 Å². The number of ether oxygens (including phenoxy) is 1. The molecule has 5 nitrogen and oxygen atoms in total. The Bertz CT molecular complexity index is 1260. The second-order valence-electron chi connectivity index (χ2n) is 9.36. The highest BCUT2D eigenvalue weighted by molar-refractivity contribution is 7.15. The van der Waals surface area contributed by atoms with Crippen LogP contribution in [0, 0.1) is 6.92 Å². The van der Waals surface area contributed by atoms with E-state index in [4.69, 9.17) is 4.74 Å². The van der Waals surface area contributed by atoms with Crippen molar-refractivity contribution in [3.05, 3.63) is 69.7 Å². The lowest BCUT2D eigenvalue weighted by Crippen LogP contribution is -2.48. The van der Waals surface area contributed by atoms with Crippen molar-refractivity contribution >= 4 is 23.1 Å². The summed E-state index contributed by atoms with van der Waals surface area (Å²) in [6, 6.07) is 9.78. The maximum Gasteiger partial charge on any atom is 0.416 e. The molecule has 0 amide bonds. The number of hydrogen-bond donors (Lipinski definition) is 0. The summed E-state index contributed by atoms with van der Waals surface area (Å²) in [5.74, 6) is -1.15. The van der Waals surface area contributed by atoms with E-state index in [1.54, 1.807) is 19.1 Å². The number of carbonyl (C=O) groups excluding carboxylic acids is 2. The maximum atomic E-state index is 13.0. The van der Waals surface area contributed by atoms with Crippen LogP contribution in [-0.4, -0.2) is 22.3 Å². The van der Waals surface area contributed by atoms with Gasteiger partial charge in [0.2, 0.25) is 0 Å². The quantitative estimate of drug-likeness (QED) is 0.326. The zero-order valence-corrected chi connectivity index (χ0v) is 21.5. The van der Waals surface area contributed by atoms with E-state index in [1.165, 1.54) is 43.4 Å². The molecular formula is C27H27F3NO4S-. The third-order valence-corrected chi connectivity index (χ3v) is 6.86. The summed E-state index contributed by atoms with van der Waals surface area (Å²) in [4.78, 5) is 29.8. The molecule has 3 rings (SSSR count). The largest absolute Gasteiger partial charge is 0.546 e. The van der Waals surface area contributed by atoms with Gasteiger partial charge in [0.05, 0.1) is 17.2 Å². The van der Waals surface area contributed by atoms with Crippen molar-refractivity contribution < 1.29 is 32.6 Å². The summed E-state index contributed by atoms with van der Waals surface area (Å²) < 4.78 is 44.3. The molecule has 0 fully saturated rings. The van der Waals surface area contributed by atoms with Gasteiger partial charge in [0, 0.05) is 22.4 Å². The number of hydrogen-bond acceptors (Lipinski definition) is 6. The van der Waals surface area contributed by atoms with Gasteiger partial charge in [-0.1, -0.05) is 38.1 Å². The number of carboxylic acids is 1. The van der Waals surface area contributed by atoms with E-state index in [0.29, 0.717) is 33.9 Å². The Balaban J connectivity index is 1.79. The molecule has 0 spiro atoms. The molecule has 36 heavy (non-hydrogen) atoms. The molecule has 0 unspecified atom stereocenters. The Kier molecular flexibility index (Phi) is 7.93. The van der Waals surface area contributed by atoms with Crippen LogP contribution in [0.3, 0.4) is 0 Å². The molecule has 2 aromatic carbocycles. The first-order valence-corrected chi connectivity index (χ1v) is 12.2. The minimum absolute atomic E-state index is 0.0702. The number of benzene rings is 2. The molecule has 0 N–H and O–H groups in total. The first-order chi connectivity index (χ1) is 16.7. The Morgan fingerprint density at radius 3 is 2.28 bits per heavy atom. The van der Waals surface area contributed by atoms with E-state index < -0.39 is 23.3 Å². The van der Waals surface area contributed by atoms with Crippen LogP contribution in [0.5, 0.6) is 5.75 Å². The molecule has 0 radical (unpaired) electrons. The van der Waals surface area contributed by atoms with Gasteiger partial charge in [-0.25, -0.2) is 4.98 Å². The van der Waals surface area contributed by atoms with Crippen molar-refractivity contribution in [3.63, 3.8) is 0 Å². The number of aryl methyl sites for hydroxylation is 2. The minimum Gasteiger partial charge on any atom is -0.546 e. The topological polar surface area (TPSA) is 79.3 Å². The van der Waals surface area contributed by atoms with Crippen LogP contribution in [0.15, 0.2) is 42.5 Å². The number of rotatable bonds is 9. The molecular weight excluding hydrogens is 491 g/mol. The number of aromatic nitrogens is 1. The standard InChI is InChI=1S/C27H28F3NO4S/c1-15(2)23-22(36-24(31-23)17-8-10-19(11-9-17)27(28,29)30)13-12-20(32)18-7-6-16(3)21(14-18)35-26(4,5)25(33)34/h6-11,14-15H,12-13H2,1-5H3,(H,33,34)/p-1. The lowest BCUT2D eigenvalue weighted by Gasteiger charge is -2.28. The molecule has 9 heteroatoms. The number of carboxylic acid groups (broad SMARTS) is 1. The van der Waals surface area contributed by atoms with Crippen molar-refractivity contribution in [2.45, 2.75) is 65.2 Å². The summed E-state index contributed by atoms with van der Waals surface area (Å²) in [5, 5.41) is 11.9. The van der Waals surface area contributed by atoms with Crippen LogP contribution in [0.1, 0.15) is 72.1 Å². The fourth-order valence-electron chi connectivity index (χ4n) is 3.49. The van der Waals surface area contributed by atoms with Crippen LogP contribution in [0.25, 0.3) is 10.6 Å². The number of nitrogens with zero attached hydrogens (tertiary/aromatic N) is 1. The summed E-state index contributed by atoms with van der Waals surface area (Å²) in [6.45, 7) is 8.45. The van der Waals surface area contributed by atoms with Gasteiger partial charge in [0.1, 0.15) is 16.4 Å². The van der Waals surface area contributed by atoms with E-state index in [1.807, 2.05) is 13.8 Å². The normalized spacial score (nSPS) is 12.1. The molecule has 3 aromatic rings. The predicted molar refractivity (Wildman–Crippen MR) is 130 cm³/mol. The highest BCUT2D eigenvalue weighted by atomic mass is 32.1. The van der Waals surface area contributed by atoms with Gasteiger partial charge < -0.3 is 14.6 Å². The molecule has 0 aliphatic heterocycles. The summed E-state index contributed by atoms with van der Waals surface area (Å²) in [5.41, 5.74) is 0.197. The number of thiazole rings is 1. The van der Waals surface area contributed by atoms with Crippen LogP contribution in [-0.2, 0) is 17.4 Å². The fourth-order valence-corrected chi connectivity index (χ4v) is 4.71. The minimum atomic E-state index is -4.41. The van der Waals surface area contributed by atoms with Crippen LogP contribution < -0.4 is 9.84 Å². The first-order valence-electron chi connectivity index (χ1n) is 11.4. The average Bonchev–Trinajstić information content (AvgIpc) is 3.23. The number of carbonyl (C=O) groups is 2. The molecule has 0 aliphatic carbocycles. The third kappa shape index (κ3) is 6.32. The van der Waals surface area contributed by atoms with Crippen molar-refractivity contribution in [2.24, 2.45) is 0 Å². The third-order valence-electron chi connectivity index (χ3n) is 5.68. The second-order valence-corrected chi connectivity index (χ2v) is 10.4. The zero-order valence-electron chi connectivity index (χ0n) is 20.7. The van der Waals surface area contributed by atoms with Crippen molar-refractivity contribution in [1.29, 1.82) is 0 Å². The molecule has 0 aliphatic rings. The lowest BCUT2D eigenvalue weighted by atomic mass is 10.0. The highest BCUT2D eigenvalue weighted by Crippen LogP contribution is 2.35. The maximum absolute atomic E-state index is 13.0. The lowest BCUT2D eigenvalue weighted by molar-refractivity contribution is -0.320. The number of aliphatic carboxylic acids is 1. The number of Topliss-reactive ketones (excluding diaryl/α,β-unsaturated/α-hetero) is 1. The molecule has 0 saturated carbocycles. The molecule has 0 atom stereocenters. The first kappa shape index (κ1) is 27.4. The van der Waals surface area contributed by atoms with E-state index in [9.17, 15) is 27.9 Å². The van der Waals surface area contributed by atoms with Gasteiger partial charge in [-0.3, -0.25) is 4.79 Å². The van der Waals surface area contributed by atoms with Crippen LogP contribution in [0.4, 0.5) is 13.2 Å². The second kappa shape index (κ2) is 10.4. The SMILES string of the molecule is Cc1ccc(C(=O)CCc2sc(-c3ccc(C(F)(F)F)cc3)nc2C(C)C)cc1OC(C)(C)C(=O)[O-]. The average molecular weight is 519 g/mol. The Labute approximate surface area is 212 Å². The summed E-state index contributed by atoms with van der Waals surface area (Å²) in [6.07, 6.45) is -3.81. The van der Waals surface area contributed by atoms with Crippen LogP contribution >= 0.6 is 11.3 Å². The highest BCUT2D eigenvalue weighted by Gasteiger charge is 2.30. The van der Waals surface area contributed by atoms with E-state index >= 15 is 0 Å². The Morgan fingerprint density at radius 2 is 1.72 bits per heavy atom. The van der Waals surface area contributed by atoms with Gasteiger partial charge in [-0.15, -0.1) is 11.3 Å². The molecule has 192 valence electrons. The van der Waals surface area contributed by atoms with Crippen molar-refractivity contribution in [1.82, 2.24) is 4.98 Å². The summed E-state index contributed by atoms with van der Waals surface area (Å²) in [7, 11) is 0. The zero-order chi connectivity index (χ0) is 26.8. The number of alkyl halides is 3. The molecule has 0 bridgehead atoms. The number of ketones is 1. The fraction of sp³-hybridized carbons (Fsp3) is 0.370. The van der Waals surface area contributed by atoms with Crippen molar-refractivity contribution in [2.75, 3.05) is 0 Å². The summed E-state index contributed by atoms with van der Waals surface area (Å²) >= 11 is 1.37. The Morgan fingerprint density at radius 1 is 1.08 bits per heavy atom. The van der Waals surface area contributed by atoms with E-state index in [0.717, 1.165) is 22.7 Å². The predicted octanol–water partition coefficient (Wildman–Crippen LogP) is 5.98. The molecule has 1 heterocycles. The Hall–Kier alpha value is -3.20. The van der Waals surface area contributed by atoms with Gasteiger partial charge in [-0.2, -0.15) is 13.2 Å². The van der Waals surface area contributed by atoms with Gasteiger partial charge in [-0.05, 0) is 56.9 Å². The van der Waals surface area contributed by atoms with Crippen LogP contribution in [0.2, 0.25) is 0 Å². The van der Waals surface area contributed by atoms with E-state index in [-0.39, 0.29) is 18.1 Å². The van der Waals surface area contributed by atoms with Crippen molar-refractivity contribution in [3.8, 4) is 16.3 Å². The molecule has 1 aromatic heterocycles. The van der Waals surface area contributed by atoms with Gasteiger partial charge in [0.15, 0.2) is 5.78 Å². The van der Waals surface area contributed by atoms with Gasteiger partial charge in [0.25, 0.3) is 0 Å². The number of halogens is 3.